The minimum Gasteiger partial charge on any atom is -0.342 e. The molecule has 4 amide bonds. The van der Waals surface area contributed by atoms with E-state index >= 15 is 0 Å². The molecule has 0 bridgehead atoms. The average Bonchev–Trinajstić information content (AvgIpc) is 3.19. The number of carbonyl (C=O) groups is 4. The minimum absolute atomic E-state index is 0.104. The maximum atomic E-state index is 12.8. The van der Waals surface area contributed by atoms with Crippen molar-refractivity contribution in [1.82, 2.24) is 15.1 Å². The minimum atomic E-state index is -1.17. The summed E-state index contributed by atoms with van der Waals surface area (Å²) in [6, 6.07) is 8.30. The Morgan fingerprint density at radius 2 is 1.78 bits per heavy atom. The van der Waals surface area contributed by atoms with Gasteiger partial charge in [-0.3, -0.25) is 19.2 Å². The zero-order valence-electron chi connectivity index (χ0n) is 18.1. The van der Waals surface area contributed by atoms with Gasteiger partial charge in [-0.15, -0.1) is 11.3 Å². The lowest BCUT2D eigenvalue weighted by atomic mass is 10.0. The maximum absolute atomic E-state index is 12.8. The van der Waals surface area contributed by atoms with Gasteiger partial charge in [-0.25, -0.2) is 0 Å². The van der Waals surface area contributed by atoms with Gasteiger partial charge in [0.2, 0.25) is 12.3 Å². The van der Waals surface area contributed by atoms with Gasteiger partial charge in [-0.2, -0.15) is 0 Å². The van der Waals surface area contributed by atoms with Crippen LogP contribution in [0.2, 0.25) is 4.34 Å². The highest BCUT2D eigenvalue weighted by Gasteiger charge is 2.31. The monoisotopic (exact) mass is 476 g/mol. The number of halogens is 1. The lowest BCUT2D eigenvalue weighted by Gasteiger charge is -2.33. The summed E-state index contributed by atoms with van der Waals surface area (Å²) in [6.45, 7) is 7.02. The molecular weight excluding hydrogens is 452 g/mol. The van der Waals surface area contributed by atoms with Crippen LogP contribution in [0, 0.1) is 6.92 Å². The highest BCUT2D eigenvalue weighted by atomic mass is 35.5. The van der Waals surface area contributed by atoms with Crippen molar-refractivity contribution in [2.45, 2.75) is 26.3 Å². The zero-order chi connectivity index (χ0) is 23.5. The van der Waals surface area contributed by atoms with Crippen LogP contribution in [0.25, 0.3) is 0 Å². The first-order valence-electron chi connectivity index (χ1n) is 10.1. The summed E-state index contributed by atoms with van der Waals surface area (Å²) in [5.41, 5.74) is 0.621. The van der Waals surface area contributed by atoms with Crippen LogP contribution < -0.4 is 10.6 Å². The topological polar surface area (TPSA) is 98.8 Å². The van der Waals surface area contributed by atoms with Crippen molar-refractivity contribution in [3.8, 4) is 0 Å². The molecule has 0 atom stereocenters. The number of aryl methyl sites for hydroxylation is 1. The third-order valence-corrected chi connectivity index (χ3v) is 6.49. The van der Waals surface area contributed by atoms with E-state index in [0.29, 0.717) is 46.6 Å². The molecule has 1 saturated heterocycles. The molecular formula is C22H25ClN4O4S. The maximum Gasteiger partial charge on any atom is 0.262 e. The molecule has 1 fully saturated rings. The third-order valence-electron chi connectivity index (χ3n) is 5.26. The molecule has 0 spiro atoms. The highest BCUT2D eigenvalue weighted by Crippen LogP contribution is 2.23. The summed E-state index contributed by atoms with van der Waals surface area (Å²) in [4.78, 5) is 52.6. The SMILES string of the molecule is Cc1cc(NC(=O)C(C)(C)NC(=O)c2ccc(Cl)s2)ccc1C(=O)N1CCN(C=O)CC1. The number of amides is 4. The largest absolute Gasteiger partial charge is 0.342 e. The lowest BCUT2D eigenvalue weighted by molar-refractivity contribution is -0.121. The Labute approximate surface area is 195 Å². The number of hydrogen-bond donors (Lipinski definition) is 2. The molecule has 0 aliphatic carbocycles. The number of piperazine rings is 1. The van der Waals surface area contributed by atoms with E-state index in [0.717, 1.165) is 23.3 Å². The normalized spacial score (nSPS) is 14.1. The van der Waals surface area contributed by atoms with Gasteiger partial charge in [-0.05, 0) is 56.7 Å². The van der Waals surface area contributed by atoms with E-state index in [1.54, 1.807) is 60.9 Å². The molecule has 1 aliphatic heterocycles. The Balaban J connectivity index is 1.64. The average molecular weight is 477 g/mol. The number of thiophene rings is 1. The molecule has 0 unspecified atom stereocenters. The summed E-state index contributed by atoms with van der Waals surface area (Å²) in [6.07, 6.45) is 0.796. The number of anilines is 1. The van der Waals surface area contributed by atoms with E-state index in [9.17, 15) is 19.2 Å². The van der Waals surface area contributed by atoms with Crippen LogP contribution in [0.1, 0.15) is 39.4 Å². The van der Waals surface area contributed by atoms with Crippen LogP contribution in [-0.2, 0) is 9.59 Å². The van der Waals surface area contributed by atoms with Gasteiger partial charge in [0.05, 0.1) is 9.21 Å². The van der Waals surface area contributed by atoms with Crippen LogP contribution in [0.15, 0.2) is 30.3 Å². The molecule has 2 heterocycles. The van der Waals surface area contributed by atoms with Crippen LogP contribution in [0.5, 0.6) is 0 Å². The number of nitrogens with zero attached hydrogens (tertiary/aromatic N) is 2. The van der Waals surface area contributed by atoms with Crippen LogP contribution in [0.4, 0.5) is 5.69 Å². The Kier molecular flexibility index (Phi) is 7.20. The summed E-state index contributed by atoms with van der Waals surface area (Å²) < 4.78 is 0.494. The number of nitrogens with one attached hydrogen (secondary N) is 2. The number of rotatable bonds is 6. The summed E-state index contributed by atoms with van der Waals surface area (Å²) >= 11 is 7.01. The molecule has 170 valence electrons. The van der Waals surface area contributed by atoms with Gasteiger partial charge < -0.3 is 20.4 Å². The molecule has 1 aromatic carbocycles. The van der Waals surface area contributed by atoms with Gasteiger partial charge >= 0.3 is 0 Å². The fraction of sp³-hybridized carbons (Fsp3) is 0.364. The third kappa shape index (κ3) is 5.46. The van der Waals surface area contributed by atoms with Crippen LogP contribution in [0.3, 0.4) is 0 Å². The number of hydrogen-bond acceptors (Lipinski definition) is 5. The predicted octanol–water partition coefficient (Wildman–Crippen LogP) is 2.77. The molecule has 2 aromatic rings. The molecule has 32 heavy (non-hydrogen) atoms. The Hall–Kier alpha value is -2.91. The molecule has 0 saturated carbocycles. The molecule has 0 radical (unpaired) electrons. The van der Waals surface area contributed by atoms with Crippen LogP contribution in [-0.4, -0.2) is 65.6 Å². The van der Waals surface area contributed by atoms with Crippen molar-refractivity contribution >= 4 is 52.8 Å². The van der Waals surface area contributed by atoms with Gasteiger partial charge in [0.1, 0.15) is 5.54 Å². The second-order valence-corrected chi connectivity index (χ2v) is 9.82. The van der Waals surface area contributed by atoms with E-state index in [1.807, 2.05) is 0 Å². The van der Waals surface area contributed by atoms with Crippen molar-refractivity contribution in [3.63, 3.8) is 0 Å². The van der Waals surface area contributed by atoms with Gasteiger partial charge in [0, 0.05) is 37.4 Å². The molecule has 1 aromatic heterocycles. The van der Waals surface area contributed by atoms with E-state index in [-0.39, 0.29) is 11.8 Å². The Morgan fingerprint density at radius 1 is 1.09 bits per heavy atom. The zero-order valence-corrected chi connectivity index (χ0v) is 19.7. The van der Waals surface area contributed by atoms with Gasteiger partial charge in [-0.1, -0.05) is 11.6 Å². The van der Waals surface area contributed by atoms with Crippen LogP contribution >= 0.6 is 22.9 Å². The molecule has 2 N–H and O–H groups in total. The molecule has 8 nitrogen and oxygen atoms in total. The van der Waals surface area contributed by atoms with Gasteiger partial charge in [0.25, 0.3) is 11.8 Å². The Morgan fingerprint density at radius 3 is 2.34 bits per heavy atom. The second-order valence-electron chi connectivity index (χ2n) is 8.10. The highest BCUT2D eigenvalue weighted by molar-refractivity contribution is 7.18. The predicted molar refractivity (Wildman–Crippen MR) is 124 cm³/mol. The molecule has 1 aliphatic rings. The smallest absolute Gasteiger partial charge is 0.262 e. The Bertz CT molecular complexity index is 1040. The number of carbonyl (C=O) groups excluding carboxylic acids is 4. The van der Waals surface area contributed by atoms with E-state index < -0.39 is 11.4 Å². The van der Waals surface area contributed by atoms with Crippen molar-refractivity contribution in [2.75, 3.05) is 31.5 Å². The summed E-state index contributed by atoms with van der Waals surface area (Å²) in [5, 5.41) is 5.51. The summed E-state index contributed by atoms with van der Waals surface area (Å²) in [7, 11) is 0. The van der Waals surface area contributed by atoms with E-state index in [2.05, 4.69) is 10.6 Å². The van der Waals surface area contributed by atoms with Crippen molar-refractivity contribution in [3.05, 3.63) is 50.7 Å². The van der Waals surface area contributed by atoms with Gasteiger partial charge in [0.15, 0.2) is 0 Å². The van der Waals surface area contributed by atoms with E-state index in [4.69, 9.17) is 11.6 Å². The van der Waals surface area contributed by atoms with Crippen molar-refractivity contribution in [1.29, 1.82) is 0 Å². The first kappa shape index (κ1) is 23.7. The first-order chi connectivity index (χ1) is 15.1. The fourth-order valence-electron chi connectivity index (χ4n) is 3.31. The molecule has 10 heteroatoms. The first-order valence-corrected chi connectivity index (χ1v) is 11.3. The quantitative estimate of drug-likeness (QED) is 0.626. The number of benzene rings is 1. The van der Waals surface area contributed by atoms with E-state index in [1.165, 1.54) is 0 Å². The fourth-order valence-corrected chi connectivity index (χ4v) is 4.25. The second kappa shape index (κ2) is 9.70. The van der Waals surface area contributed by atoms with Crippen molar-refractivity contribution < 1.29 is 19.2 Å². The standard InChI is InChI=1S/C22H25ClN4O4S/c1-14-12-15(4-5-16(14)20(30)27-10-8-26(13-28)9-11-27)24-21(31)22(2,3)25-19(29)17-6-7-18(23)32-17/h4-7,12-13H,8-11H2,1-3H3,(H,24,31)(H,25,29). The summed E-state index contributed by atoms with van der Waals surface area (Å²) in [5.74, 6) is -0.876. The molecule has 3 rings (SSSR count). The lowest BCUT2D eigenvalue weighted by Crippen LogP contribution is -2.52. The van der Waals surface area contributed by atoms with Crippen molar-refractivity contribution in [2.24, 2.45) is 0 Å².